The zero-order chi connectivity index (χ0) is 17.6. The molecule has 0 bridgehead atoms. The predicted molar refractivity (Wildman–Crippen MR) is 93.9 cm³/mol. The number of esters is 1. The number of rotatable bonds is 5. The van der Waals surface area contributed by atoms with E-state index in [9.17, 15) is 9.59 Å². The number of hydrogen-bond acceptors (Lipinski definition) is 4. The molecule has 1 aromatic carbocycles. The monoisotopic (exact) mass is 341 g/mol. The van der Waals surface area contributed by atoms with Gasteiger partial charge in [0.2, 0.25) is 0 Å². The molecule has 25 heavy (non-hydrogen) atoms. The van der Waals surface area contributed by atoms with Crippen molar-refractivity contribution in [2.24, 2.45) is 0 Å². The summed E-state index contributed by atoms with van der Waals surface area (Å²) >= 11 is 0. The lowest BCUT2D eigenvalue weighted by molar-refractivity contribution is -0.138. The maximum absolute atomic E-state index is 12.4. The van der Waals surface area contributed by atoms with Gasteiger partial charge in [0, 0.05) is 18.2 Å². The van der Waals surface area contributed by atoms with E-state index >= 15 is 0 Å². The SMILES string of the molecule is CC[C@@H]1CCCCN1C(=O)COC(=O)c1cc(-c2ccccc2)n[nH]1. The van der Waals surface area contributed by atoms with Crippen LogP contribution in [0.5, 0.6) is 0 Å². The number of piperidine rings is 1. The van der Waals surface area contributed by atoms with Crippen LogP contribution < -0.4 is 0 Å². The molecule has 3 rings (SSSR count). The van der Waals surface area contributed by atoms with Gasteiger partial charge in [-0.15, -0.1) is 0 Å². The summed E-state index contributed by atoms with van der Waals surface area (Å²) < 4.78 is 5.18. The minimum atomic E-state index is -0.562. The maximum atomic E-state index is 12.4. The van der Waals surface area contributed by atoms with Gasteiger partial charge in [-0.05, 0) is 31.7 Å². The molecule has 1 aliphatic rings. The van der Waals surface area contributed by atoms with Crippen LogP contribution >= 0.6 is 0 Å². The van der Waals surface area contributed by atoms with Crippen molar-refractivity contribution in [3.63, 3.8) is 0 Å². The standard InChI is InChI=1S/C19H23N3O3/c1-2-15-10-6-7-11-22(15)18(23)13-25-19(24)17-12-16(20-21-17)14-8-4-3-5-9-14/h3-5,8-9,12,15H,2,6-7,10-11,13H2,1H3,(H,20,21)/t15-/m1/s1. The van der Waals surface area contributed by atoms with Crippen molar-refractivity contribution in [1.29, 1.82) is 0 Å². The first-order chi connectivity index (χ1) is 12.2. The van der Waals surface area contributed by atoms with Gasteiger partial charge in [-0.3, -0.25) is 9.89 Å². The molecule has 2 heterocycles. The highest BCUT2D eigenvalue weighted by Gasteiger charge is 2.26. The molecule has 1 N–H and O–H groups in total. The molecule has 0 radical (unpaired) electrons. The van der Waals surface area contributed by atoms with Gasteiger partial charge in [-0.1, -0.05) is 37.3 Å². The molecule has 0 spiro atoms. The topological polar surface area (TPSA) is 75.3 Å². The Labute approximate surface area is 147 Å². The Kier molecular flexibility index (Phi) is 5.48. The van der Waals surface area contributed by atoms with Gasteiger partial charge in [0.25, 0.3) is 5.91 Å². The Morgan fingerprint density at radius 2 is 2.08 bits per heavy atom. The van der Waals surface area contributed by atoms with E-state index in [1.54, 1.807) is 6.07 Å². The maximum Gasteiger partial charge on any atom is 0.356 e. The Morgan fingerprint density at radius 1 is 1.28 bits per heavy atom. The molecule has 1 aliphatic heterocycles. The smallest absolute Gasteiger partial charge is 0.356 e. The molecule has 2 aromatic rings. The van der Waals surface area contributed by atoms with Gasteiger partial charge < -0.3 is 9.64 Å². The first kappa shape index (κ1) is 17.2. The van der Waals surface area contributed by atoms with E-state index in [1.165, 1.54) is 0 Å². The number of nitrogens with zero attached hydrogens (tertiary/aromatic N) is 2. The van der Waals surface area contributed by atoms with E-state index in [2.05, 4.69) is 17.1 Å². The van der Waals surface area contributed by atoms with Crippen LogP contribution in [0.3, 0.4) is 0 Å². The third-order valence-corrected chi connectivity index (χ3v) is 4.61. The van der Waals surface area contributed by atoms with Gasteiger partial charge in [-0.25, -0.2) is 4.79 Å². The molecule has 1 fully saturated rings. The number of aromatic amines is 1. The first-order valence-corrected chi connectivity index (χ1v) is 8.76. The Hall–Kier alpha value is -2.63. The molecular formula is C19H23N3O3. The molecule has 0 aliphatic carbocycles. The second-order valence-electron chi connectivity index (χ2n) is 6.25. The van der Waals surface area contributed by atoms with Crippen molar-refractivity contribution in [2.75, 3.05) is 13.2 Å². The van der Waals surface area contributed by atoms with Gasteiger partial charge >= 0.3 is 5.97 Å². The summed E-state index contributed by atoms with van der Waals surface area (Å²) in [4.78, 5) is 26.4. The van der Waals surface area contributed by atoms with E-state index in [0.717, 1.165) is 37.8 Å². The van der Waals surface area contributed by atoms with Crippen LogP contribution in [0.15, 0.2) is 36.4 Å². The van der Waals surface area contributed by atoms with Crippen LogP contribution in [0.4, 0.5) is 0 Å². The quantitative estimate of drug-likeness (QED) is 0.848. The summed E-state index contributed by atoms with van der Waals surface area (Å²) in [6, 6.07) is 11.5. The molecule has 132 valence electrons. The van der Waals surface area contributed by atoms with Crippen LogP contribution in [0.25, 0.3) is 11.3 Å². The predicted octanol–water partition coefficient (Wildman–Crippen LogP) is 3.02. The highest BCUT2D eigenvalue weighted by Crippen LogP contribution is 2.20. The summed E-state index contributed by atoms with van der Waals surface area (Å²) in [5.41, 5.74) is 1.83. The van der Waals surface area contributed by atoms with Crippen molar-refractivity contribution in [3.8, 4) is 11.3 Å². The third kappa shape index (κ3) is 4.07. The lowest BCUT2D eigenvalue weighted by atomic mass is 10.00. The number of H-pyrrole nitrogens is 1. The van der Waals surface area contributed by atoms with Crippen LogP contribution in [0.1, 0.15) is 43.1 Å². The number of likely N-dealkylation sites (tertiary alicyclic amines) is 1. The zero-order valence-corrected chi connectivity index (χ0v) is 14.4. The van der Waals surface area contributed by atoms with Gasteiger partial charge in [0.15, 0.2) is 6.61 Å². The summed E-state index contributed by atoms with van der Waals surface area (Å²) in [5.74, 6) is -0.684. The van der Waals surface area contributed by atoms with Gasteiger partial charge in [-0.2, -0.15) is 5.10 Å². The van der Waals surface area contributed by atoms with E-state index in [-0.39, 0.29) is 24.2 Å². The van der Waals surface area contributed by atoms with E-state index in [4.69, 9.17) is 4.74 Å². The molecule has 1 aromatic heterocycles. The van der Waals surface area contributed by atoms with E-state index in [1.807, 2.05) is 35.2 Å². The van der Waals surface area contributed by atoms with Crippen molar-refractivity contribution < 1.29 is 14.3 Å². The Balaban J connectivity index is 1.57. The largest absolute Gasteiger partial charge is 0.451 e. The van der Waals surface area contributed by atoms with E-state index in [0.29, 0.717) is 5.69 Å². The minimum absolute atomic E-state index is 0.123. The Bertz CT molecular complexity index is 727. The van der Waals surface area contributed by atoms with Gasteiger partial charge in [0.1, 0.15) is 5.69 Å². The lowest BCUT2D eigenvalue weighted by Gasteiger charge is -2.35. The number of aromatic nitrogens is 2. The highest BCUT2D eigenvalue weighted by molar-refractivity contribution is 5.90. The fourth-order valence-corrected chi connectivity index (χ4v) is 3.22. The minimum Gasteiger partial charge on any atom is -0.451 e. The second kappa shape index (κ2) is 7.96. The average molecular weight is 341 g/mol. The molecule has 6 nitrogen and oxygen atoms in total. The van der Waals surface area contributed by atoms with Crippen LogP contribution in [0.2, 0.25) is 0 Å². The van der Waals surface area contributed by atoms with Crippen molar-refractivity contribution >= 4 is 11.9 Å². The number of nitrogens with one attached hydrogen (secondary N) is 1. The number of carbonyl (C=O) groups excluding carboxylic acids is 2. The first-order valence-electron chi connectivity index (χ1n) is 8.76. The zero-order valence-electron chi connectivity index (χ0n) is 14.4. The fraction of sp³-hybridized carbons (Fsp3) is 0.421. The molecule has 1 atom stereocenters. The molecule has 6 heteroatoms. The normalized spacial score (nSPS) is 17.3. The summed E-state index contributed by atoms with van der Waals surface area (Å²) in [6.07, 6.45) is 4.12. The number of carbonyl (C=O) groups is 2. The van der Waals surface area contributed by atoms with Crippen molar-refractivity contribution in [1.82, 2.24) is 15.1 Å². The fourth-order valence-electron chi connectivity index (χ4n) is 3.22. The van der Waals surface area contributed by atoms with Crippen molar-refractivity contribution in [3.05, 3.63) is 42.1 Å². The molecule has 1 saturated heterocycles. The van der Waals surface area contributed by atoms with E-state index < -0.39 is 5.97 Å². The summed E-state index contributed by atoms with van der Waals surface area (Å²) in [5, 5.41) is 6.81. The molecule has 1 amide bonds. The molecular weight excluding hydrogens is 318 g/mol. The van der Waals surface area contributed by atoms with Crippen molar-refractivity contribution in [2.45, 2.75) is 38.6 Å². The second-order valence-corrected chi connectivity index (χ2v) is 6.25. The summed E-state index contributed by atoms with van der Waals surface area (Å²) in [7, 11) is 0. The Morgan fingerprint density at radius 3 is 2.84 bits per heavy atom. The number of ether oxygens (including phenoxy) is 1. The lowest BCUT2D eigenvalue weighted by Crippen LogP contribution is -2.45. The number of benzene rings is 1. The van der Waals surface area contributed by atoms with Crippen LogP contribution in [-0.2, 0) is 9.53 Å². The summed E-state index contributed by atoms with van der Waals surface area (Å²) in [6.45, 7) is 2.60. The third-order valence-electron chi connectivity index (χ3n) is 4.61. The highest BCUT2D eigenvalue weighted by atomic mass is 16.5. The van der Waals surface area contributed by atoms with Crippen LogP contribution in [-0.4, -0.2) is 46.2 Å². The molecule has 0 saturated carbocycles. The average Bonchev–Trinajstić information content (AvgIpc) is 3.17. The number of amides is 1. The molecule has 0 unspecified atom stereocenters. The number of hydrogen-bond donors (Lipinski definition) is 1. The van der Waals surface area contributed by atoms with Crippen LogP contribution in [0, 0.1) is 0 Å². The van der Waals surface area contributed by atoms with Gasteiger partial charge in [0.05, 0.1) is 5.69 Å².